The molecule has 4 heteroatoms. The van der Waals surface area contributed by atoms with Crippen LogP contribution in [0.4, 0.5) is 0 Å². The Morgan fingerprint density at radius 2 is 1.81 bits per heavy atom. The highest BCUT2D eigenvalue weighted by molar-refractivity contribution is 5.26. The Bertz CT molecular complexity index is 616. The van der Waals surface area contributed by atoms with Crippen LogP contribution in [0, 0.1) is 0 Å². The second-order valence-corrected chi connectivity index (χ2v) is 5.48. The molecule has 0 saturated carbocycles. The molecule has 1 N–H and O–H groups in total. The van der Waals surface area contributed by atoms with E-state index in [1.807, 2.05) is 0 Å². The summed E-state index contributed by atoms with van der Waals surface area (Å²) in [6.45, 7) is 7.82. The summed E-state index contributed by atoms with van der Waals surface area (Å²) in [5, 5.41) is 7.56. The maximum absolute atomic E-state index is 11.8. The Kier molecular flexibility index (Phi) is 5.28. The molecule has 1 atom stereocenters. The number of hydrogen-bond acceptors (Lipinski definition) is 3. The summed E-state index contributed by atoms with van der Waals surface area (Å²) in [5.74, 6) is 0.523. The van der Waals surface area contributed by atoms with E-state index in [0.717, 1.165) is 6.54 Å². The van der Waals surface area contributed by atoms with Crippen molar-refractivity contribution in [2.75, 3.05) is 6.54 Å². The fraction of sp³-hybridized carbons (Fsp3) is 0.412. The van der Waals surface area contributed by atoms with Gasteiger partial charge in [-0.15, -0.1) is 0 Å². The molecule has 0 saturated heterocycles. The molecule has 4 nitrogen and oxygen atoms in total. The van der Waals surface area contributed by atoms with Gasteiger partial charge in [0.1, 0.15) is 0 Å². The SMILES string of the molecule is CCNC(Cn1ncccc1=O)c1ccc(C(C)C)cc1. The summed E-state index contributed by atoms with van der Waals surface area (Å²) in [5.41, 5.74) is 2.43. The third-order valence-corrected chi connectivity index (χ3v) is 3.60. The molecule has 21 heavy (non-hydrogen) atoms. The summed E-state index contributed by atoms with van der Waals surface area (Å²) >= 11 is 0. The van der Waals surface area contributed by atoms with Crippen LogP contribution in [-0.2, 0) is 6.54 Å². The van der Waals surface area contributed by atoms with Crippen molar-refractivity contribution in [1.29, 1.82) is 0 Å². The molecule has 0 bridgehead atoms. The van der Waals surface area contributed by atoms with E-state index in [0.29, 0.717) is 12.5 Å². The van der Waals surface area contributed by atoms with E-state index >= 15 is 0 Å². The van der Waals surface area contributed by atoms with Crippen LogP contribution in [0.5, 0.6) is 0 Å². The highest BCUT2D eigenvalue weighted by atomic mass is 16.1. The van der Waals surface area contributed by atoms with E-state index in [2.05, 4.69) is 55.5 Å². The van der Waals surface area contributed by atoms with Gasteiger partial charge in [0.2, 0.25) is 0 Å². The van der Waals surface area contributed by atoms with E-state index in [4.69, 9.17) is 0 Å². The lowest BCUT2D eigenvalue weighted by molar-refractivity contribution is 0.434. The van der Waals surface area contributed by atoms with Gasteiger partial charge in [0.05, 0.1) is 12.6 Å². The van der Waals surface area contributed by atoms with Crippen molar-refractivity contribution in [2.45, 2.75) is 39.3 Å². The molecule has 0 fully saturated rings. The van der Waals surface area contributed by atoms with Crippen molar-refractivity contribution in [3.63, 3.8) is 0 Å². The van der Waals surface area contributed by atoms with E-state index < -0.39 is 0 Å². The largest absolute Gasteiger partial charge is 0.309 e. The maximum atomic E-state index is 11.8. The second-order valence-electron chi connectivity index (χ2n) is 5.48. The summed E-state index contributed by atoms with van der Waals surface area (Å²) in [4.78, 5) is 11.8. The molecule has 1 aromatic carbocycles. The van der Waals surface area contributed by atoms with E-state index in [9.17, 15) is 4.79 Å². The van der Waals surface area contributed by atoms with Crippen molar-refractivity contribution in [3.8, 4) is 0 Å². The minimum absolute atomic E-state index is 0.0702. The van der Waals surface area contributed by atoms with Gasteiger partial charge in [-0.05, 0) is 29.7 Å². The topological polar surface area (TPSA) is 46.9 Å². The smallest absolute Gasteiger partial charge is 0.266 e. The van der Waals surface area contributed by atoms with Crippen molar-refractivity contribution in [3.05, 3.63) is 64.1 Å². The number of benzene rings is 1. The second kappa shape index (κ2) is 7.18. The fourth-order valence-electron chi connectivity index (χ4n) is 2.34. The molecule has 0 aliphatic rings. The van der Waals surface area contributed by atoms with Gasteiger partial charge in [0.25, 0.3) is 5.56 Å². The van der Waals surface area contributed by atoms with E-state index in [-0.39, 0.29) is 11.6 Å². The van der Waals surface area contributed by atoms with Crippen molar-refractivity contribution >= 4 is 0 Å². The predicted molar refractivity (Wildman–Crippen MR) is 85.4 cm³/mol. The average Bonchev–Trinajstić information content (AvgIpc) is 2.49. The van der Waals surface area contributed by atoms with Crippen LogP contribution in [0.3, 0.4) is 0 Å². The van der Waals surface area contributed by atoms with Crippen LogP contribution >= 0.6 is 0 Å². The lowest BCUT2D eigenvalue weighted by atomic mass is 9.99. The van der Waals surface area contributed by atoms with Crippen LogP contribution in [0.25, 0.3) is 0 Å². The van der Waals surface area contributed by atoms with E-state index in [1.54, 1.807) is 12.3 Å². The first kappa shape index (κ1) is 15.4. The van der Waals surface area contributed by atoms with Gasteiger partial charge in [-0.25, -0.2) is 4.68 Å². The molecule has 0 radical (unpaired) electrons. The molecular formula is C17H23N3O. The number of likely N-dealkylation sites (N-methyl/N-ethyl adjacent to an activating group) is 1. The van der Waals surface area contributed by atoms with Crippen molar-refractivity contribution in [1.82, 2.24) is 15.1 Å². The first-order chi connectivity index (χ1) is 10.1. The first-order valence-corrected chi connectivity index (χ1v) is 7.47. The highest BCUT2D eigenvalue weighted by Crippen LogP contribution is 2.19. The van der Waals surface area contributed by atoms with Crippen LogP contribution in [0.15, 0.2) is 47.4 Å². The third kappa shape index (κ3) is 4.02. The zero-order valence-electron chi connectivity index (χ0n) is 12.9. The molecule has 0 spiro atoms. The van der Waals surface area contributed by atoms with E-state index in [1.165, 1.54) is 21.9 Å². The minimum Gasteiger partial charge on any atom is -0.309 e. The molecule has 2 aromatic rings. The van der Waals surface area contributed by atoms with Gasteiger partial charge in [0.15, 0.2) is 0 Å². The molecule has 0 aliphatic carbocycles. The van der Waals surface area contributed by atoms with Gasteiger partial charge in [-0.1, -0.05) is 45.0 Å². The van der Waals surface area contributed by atoms with Crippen LogP contribution in [0.1, 0.15) is 43.9 Å². The zero-order valence-corrected chi connectivity index (χ0v) is 12.9. The fourth-order valence-corrected chi connectivity index (χ4v) is 2.34. The van der Waals surface area contributed by atoms with Crippen LogP contribution in [-0.4, -0.2) is 16.3 Å². The third-order valence-electron chi connectivity index (χ3n) is 3.60. The van der Waals surface area contributed by atoms with Gasteiger partial charge >= 0.3 is 0 Å². The Hall–Kier alpha value is -1.94. The quantitative estimate of drug-likeness (QED) is 0.887. The molecule has 2 rings (SSSR count). The lowest BCUT2D eigenvalue weighted by Gasteiger charge is -2.19. The normalized spacial score (nSPS) is 12.6. The maximum Gasteiger partial charge on any atom is 0.266 e. The van der Waals surface area contributed by atoms with Crippen molar-refractivity contribution in [2.24, 2.45) is 0 Å². The molecule has 112 valence electrons. The van der Waals surface area contributed by atoms with Gasteiger partial charge in [-0.2, -0.15) is 5.10 Å². The lowest BCUT2D eigenvalue weighted by Crippen LogP contribution is -2.31. The highest BCUT2D eigenvalue weighted by Gasteiger charge is 2.12. The average molecular weight is 285 g/mol. The Morgan fingerprint density at radius 1 is 1.14 bits per heavy atom. The van der Waals surface area contributed by atoms with Gasteiger partial charge in [0, 0.05) is 12.3 Å². The molecule has 1 aromatic heterocycles. The van der Waals surface area contributed by atoms with Crippen LogP contribution in [0.2, 0.25) is 0 Å². The molecular weight excluding hydrogens is 262 g/mol. The van der Waals surface area contributed by atoms with Gasteiger partial charge < -0.3 is 5.32 Å². The summed E-state index contributed by atoms with van der Waals surface area (Å²) < 4.78 is 1.50. The Balaban J connectivity index is 2.22. The number of aromatic nitrogens is 2. The summed E-state index contributed by atoms with van der Waals surface area (Å²) in [7, 11) is 0. The minimum atomic E-state index is -0.0702. The molecule has 1 heterocycles. The zero-order chi connectivity index (χ0) is 15.2. The first-order valence-electron chi connectivity index (χ1n) is 7.47. The summed E-state index contributed by atoms with van der Waals surface area (Å²) in [6.07, 6.45) is 1.65. The summed E-state index contributed by atoms with van der Waals surface area (Å²) in [6, 6.07) is 11.9. The predicted octanol–water partition coefficient (Wildman–Crippen LogP) is 2.72. The number of rotatable bonds is 6. The molecule has 0 amide bonds. The Labute approximate surface area is 125 Å². The molecule has 1 unspecified atom stereocenters. The number of nitrogens with one attached hydrogen (secondary N) is 1. The number of hydrogen-bond donors (Lipinski definition) is 1. The van der Waals surface area contributed by atoms with Crippen LogP contribution < -0.4 is 10.9 Å². The molecule has 0 aliphatic heterocycles. The standard InChI is InChI=1S/C17H23N3O/c1-4-18-16(12-20-17(21)6-5-11-19-20)15-9-7-14(8-10-15)13(2)3/h5-11,13,16,18H,4,12H2,1-3H3. The van der Waals surface area contributed by atoms with Gasteiger partial charge in [-0.3, -0.25) is 4.79 Å². The van der Waals surface area contributed by atoms with Crippen molar-refractivity contribution < 1.29 is 0 Å². The monoisotopic (exact) mass is 285 g/mol. The number of nitrogens with zero attached hydrogens (tertiary/aromatic N) is 2. The Morgan fingerprint density at radius 3 is 2.38 bits per heavy atom.